The molecular formula is C20H19N5O4S2. The number of fused-ring (bicyclic) bond motifs is 2. The smallest absolute Gasteiger partial charge is 0.408 e. The Morgan fingerprint density at radius 3 is 2.97 bits per heavy atom. The summed E-state index contributed by atoms with van der Waals surface area (Å²) in [5.74, 6) is -0.532. The predicted molar refractivity (Wildman–Crippen MR) is 117 cm³/mol. The summed E-state index contributed by atoms with van der Waals surface area (Å²) in [4.78, 5) is 16.5. The maximum Gasteiger partial charge on any atom is 0.420 e. The molecule has 31 heavy (non-hydrogen) atoms. The average molecular weight is 458 g/mol. The van der Waals surface area contributed by atoms with E-state index in [4.69, 9.17) is 4.42 Å². The van der Waals surface area contributed by atoms with Crippen LogP contribution in [0, 0.1) is 0 Å². The van der Waals surface area contributed by atoms with Gasteiger partial charge in [-0.15, -0.1) is 0 Å². The summed E-state index contributed by atoms with van der Waals surface area (Å²) in [6, 6.07) is 10.3. The Balaban J connectivity index is 1.56. The lowest BCUT2D eigenvalue weighted by atomic mass is 9.92. The van der Waals surface area contributed by atoms with Gasteiger partial charge in [-0.2, -0.15) is 4.37 Å². The third-order valence-electron chi connectivity index (χ3n) is 5.50. The molecular weight excluding hydrogens is 438 g/mol. The molecule has 2 N–H and O–H groups in total. The zero-order valence-electron chi connectivity index (χ0n) is 16.5. The van der Waals surface area contributed by atoms with E-state index < -0.39 is 15.8 Å². The van der Waals surface area contributed by atoms with E-state index in [2.05, 4.69) is 25.5 Å². The van der Waals surface area contributed by atoms with Gasteiger partial charge in [0.2, 0.25) is 5.13 Å². The molecule has 5 rings (SSSR count). The maximum absolute atomic E-state index is 12.7. The second-order valence-corrected chi connectivity index (χ2v) is 9.77. The van der Waals surface area contributed by atoms with E-state index in [9.17, 15) is 13.2 Å². The molecule has 0 unspecified atom stereocenters. The molecule has 4 aromatic rings. The molecule has 2 aromatic heterocycles. The van der Waals surface area contributed by atoms with Crippen LogP contribution in [0.15, 0.2) is 56.8 Å². The van der Waals surface area contributed by atoms with Crippen molar-refractivity contribution in [3.8, 4) is 0 Å². The number of hydrogen-bond acceptors (Lipinski definition) is 8. The van der Waals surface area contributed by atoms with Crippen molar-refractivity contribution in [1.82, 2.24) is 19.2 Å². The number of rotatable bonds is 5. The Hall–Kier alpha value is -3.02. The minimum absolute atomic E-state index is 0.0231. The van der Waals surface area contributed by atoms with E-state index in [1.165, 1.54) is 29.6 Å². The van der Waals surface area contributed by atoms with Crippen LogP contribution in [-0.2, 0) is 23.0 Å². The first kappa shape index (κ1) is 19.9. The predicted octanol–water partition coefficient (Wildman–Crippen LogP) is 2.50. The lowest BCUT2D eigenvalue weighted by molar-refractivity contribution is 0.486. The molecule has 1 aliphatic heterocycles. The quantitative estimate of drug-likeness (QED) is 0.473. The van der Waals surface area contributed by atoms with Crippen LogP contribution in [-0.4, -0.2) is 28.9 Å². The van der Waals surface area contributed by atoms with Crippen molar-refractivity contribution >= 4 is 37.8 Å². The Bertz CT molecular complexity index is 1420. The van der Waals surface area contributed by atoms with Gasteiger partial charge in [0, 0.05) is 24.1 Å². The van der Waals surface area contributed by atoms with Gasteiger partial charge in [-0.3, -0.25) is 9.29 Å². The molecule has 160 valence electrons. The molecule has 3 heterocycles. The van der Waals surface area contributed by atoms with Gasteiger partial charge >= 0.3 is 5.76 Å². The second-order valence-electron chi connectivity index (χ2n) is 7.31. The van der Waals surface area contributed by atoms with E-state index >= 15 is 0 Å². The van der Waals surface area contributed by atoms with Crippen LogP contribution in [0.3, 0.4) is 0 Å². The zero-order valence-corrected chi connectivity index (χ0v) is 18.2. The van der Waals surface area contributed by atoms with Crippen LogP contribution in [0.25, 0.3) is 11.1 Å². The largest absolute Gasteiger partial charge is 0.420 e. The monoisotopic (exact) mass is 457 g/mol. The van der Waals surface area contributed by atoms with Gasteiger partial charge in [-0.1, -0.05) is 18.2 Å². The van der Waals surface area contributed by atoms with Crippen LogP contribution in [0.5, 0.6) is 0 Å². The highest BCUT2D eigenvalue weighted by Crippen LogP contribution is 2.29. The lowest BCUT2D eigenvalue weighted by Crippen LogP contribution is -2.27. The van der Waals surface area contributed by atoms with Crippen molar-refractivity contribution in [2.75, 3.05) is 11.3 Å². The fourth-order valence-corrected chi connectivity index (χ4v) is 5.69. The molecule has 0 spiro atoms. The van der Waals surface area contributed by atoms with Gasteiger partial charge in [0.1, 0.15) is 6.33 Å². The molecule has 1 atom stereocenters. The molecule has 0 saturated heterocycles. The minimum Gasteiger partial charge on any atom is -0.408 e. The number of anilines is 1. The fraction of sp³-hybridized carbons (Fsp3) is 0.250. The highest BCUT2D eigenvalue weighted by atomic mass is 32.2. The van der Waals surface area contributed by atoms with Gasteiger partial charge in [-0.05, 0) is 48.7 Å². The van der Waals surface area contributed by atoms with Gasteiger partial charge in [0.05, 0.1) is 16.5 Å². The SMILES string of the molecule is C[C@@H](c1cccc2c1CNCC2)n1c(=O)oc2cc(S(=O)(=O)Nc3ncns3)ccc21. The summed E-state index contributed by atoms with van der Waals surface area (Å²) in [5.41, 5.74) is 4.26. The Labute approximate surface area is 182 Å². The van der Waals surface area contributed by atoms with E-state index in [0.717, 1.165) is 36.6 Å². The van der Waals surface area contributed by atoms with Gasteiger partial charge < -0.3 is 9.73 Å². The van der Waals surface area contributed by atoms with Crippen LogP contribution < -0.4 is 15.8 Å². The topological polar surface area (TPSA) is 119 Å². The van der Waals surface area contributed by atoms with Crippen molar-refractivity contribution < 1.29 is 12.8 Å². The first-order valence-corrected chi connectivity index (χ1v) is 12.0. The van der Waals surface area contributed by atoms with Crippen molar-refractivity contribution in [3.63, 3.8) is 0 Å². The van der Waals surface area contributed by atoms with E-state index in [-0.39, 0.29) is 21.7 Å². The van der Waals surface area contributed by atoms with E-state index in [1.54, 1.807) is 10.6 Å². The zero-order chi connectivity index (χ0) is 21.6. The van der Waals surface area contributed by atoms with Crippen LogP contribution in [0.4, 0.5) is 5.13 Å². The summed E-state index contributed by atoms with van der Waals surface area (Å²) < 4.78 is 38.4. The number of hydrogen-bond donors (Lipinski definition) is 2. The average Bonchev–Trinajstić information content (AvgIpc) is 3.38. The molecule has 2 aromatic carbocycles. The maximum atomic E-state index is 12.7. The van der Waals surface area contributed by atoms with Crippen molar-refractivity contribution in [2.24, 2.45) is 0 Å². The summed E-state index contributed by atoms with van der Waals surface area (Å²) >= 11 is 0.933. The minimum atomic E-state index is -3.88. The molecule has 0 saturated carbocycles. The standard InChI is InChI=1S/C20H19N5O4S2/c1-12(15-4-2-3-13-7-8-21-10-16(13)15)25-17-6-5-14(9-18(17)29-20(25)26)31(27,28)24-19-22-11-23-30-19/h2-6,9,11-12,21H,7-8,10H2,1H3,(H,22,23,24)/t12-/m0/s1. The van der Waals surface area contributed by atoms with Gasteiger partial charge in [0.15, 0.2) is 5.58 Å². The van der Waals surface area contributed by atoms with Crippen LogP contribution in [0.1, 0.15) is 29.7 Å². The Kier molecular flexibility index (Phi) is 4.88. The third kappa shape index (κ3) is 3.54. The van der Waals surface area contributed by atoms with Crippen molar-refractivity contribution in [1.29, 1.82) is 0 Å². The first-order chi connectivity index (χ1) is 14.9. The molecule has 0 fully saturated rings. The van der Waals surface area contributed by atoms with Gasteiger partial charge in [-0.25, -0.2) is 18.2 Å². The summed E-state index contributed by atoms with van der Waals surface area (Å²) in [7, 11) is -3.88. The van der Waals surface area contributed by atoms with Crippen LogP contribution in [0.2, 0.25) is 0 Å². The summed E-state index contributed by atoms with van der Waals surface area (Å²) in [6.07, 6.45) is 2.21. The number of sulfonamides is 1. The van der Waals surface area contributed by atoms with Crippen molar-refractivity contribution in [3.05, 3.63) is 70.0 Å². The molecule has 11 heteroatoms. The number of aromatic nitrogens is 3. The van der Waals surface area contributed by atoms with E-state index in [1.807, 2.05) is 19.1 Å². The fourth-order valence-electron chi connectivity index (χ4n) is 4.01. The molecule has 9 nitrogen and oxygen atoms in total. The molecule has 0 radical (unpaired) electrons. The van der Waals surface area contributed by atoms with Gasteiger partial charge in [0.25, 0.3) is 10.0 Å². The van der Waals surface area contributed by atoms with Crippen LogP contribution >= 0.6 is 11.5 Å². The Morgan fingerprint density at radius 1 is 1.29 bits per heavy atom. The third-order valence-corrected chi connectivity index (χ3v) is 7.54. The number of benzene rings is 2. The molecule has 0 aliphatic carbocycles. The molecule has 0 amide bonds. The second kappa shape index (κ2) is 7.59. The highest BCUT2D eigenvalue weighted by molar-refractivity contribution is 7.93. The number of oxazole rings is 1. The number of nitrogens with zero attached hydrogens (tertiary/aromatic N) is 3. The number of nitrogens with one attached hydrogen (secondary N) is 2. The lowest BCUT2D eigenvalue weighted by Gasteiger charge is -2.24. The summed E-state index contributed by atoms with van der Waals surface area (Å²) in [5, 5.41) is 3.54. The Morgan fingerprint density at radius 2 is 2.16 bits per heavy atom. The molecule has 1 aliphatic rings. The first-order valence-electron chi connectivity index (χ1n) is 9.70. The van der Waals surface area contributed by atoms with E-state index in [0.29, 0.717) is 5.52 Å². The highest BCUT2D eigenvalue weighted by Gasteiger charge is 2.23. The summed E-state index contributed by atoms with van der Waals surface area (Å²) in [6.45, 7) is 3.63. The normalized spacial score (nSPS) is 15.0. The molecule has 0 bridgehead atoms. The van der Waals surface area contributed by atoms with Crippen molar-refractivity contribution in [2.45, 2.75) is 30.8 Å².